The SMILES string of the molecule is COc1ccc(C(OC[C@H]2O[C@@H](n3ccc(NC(=O)COc4ccc(C(C)(C)C)cc4)nc3=O)C[C@@H]2OP(N(C(C)C)C(C)C)N(C(C)C)C(C)C)(c2ccccc2)c2ccc(OC)cc2)cc1. The van der Waals surface area contributed by atoms with E-state index >= 15 is 0 Å². The van der Waals surface area contributed by atoms with Crippen molar-refractivity contribution in [3.63, 3.8) is 0 Å². The van der Waals surface area contributed by atoms with Gasteiger partial charge in [0.25, 0.3) is 5.91 Å². The van der Waals surface area contributed by atoms with E-state index in [1.807, 2.05) is 91.0 Å². The zero-order valence-corrected chi connectivity index (χ0v) is 43.0. The molecule has 0 unspecified atom stereocenters. The zero-order valence-electron chi connectivity index (χ0n) is 42.1. The second kappa shape index (κ2) is 23.0. The molecule has 5 aromatic rings. The van der Waals surface area contributed by atoms with Gasteiger partial charge in [-0.05, 0) is 126 Å². The number of hydrogen-bond donors (Lipinski definition) is 1. The molecule has 1 saturated heterocycles. The van der Waals surface area contributed by atoms with Gasteiger partial charge < -0.3 is 33.5 Å². The van der Waals surface area contributed by atoms with Gasteiger partial charge in [0, 0.05) is 36.8 Å². The fraction of sp³-hybridized carbons (Fsp3) is 0.463. The summed E-state index contributed by atoms with van der Waals surface area (Å²) in [4.78, 5) is 31.3. The summed E-state index contributed by atoms with van der Waals surface area (Å²) in [6, 6.07) is 35.9. The van der Waals surface area contributed by atoms with E-state index in [1.54, 1.807) is 26.5 Å². The number of nitrogens with one attached hydrogen (secondary N) is 1. The van der Waals surface area contributed by atoms with Crippen LogP contribution in [0.3, 0.4) is 0 Å². The minimum atomic E-state index is -1.36. The molecule has 1 aromatic heterocycles. The molecular weight excluding hydrogens is 878 g/mol. The molecule has 0 bridgehead atoms. The Morgan fingerprint density at radius 2 is 1.21 bits per heavy atom. The van der Waals surface area contributed by atoms with E-state index in [2.05, 4.69) is 108 Å². The monoisotopic (exact) mass is 950 g/mol. The normalized spacial score (nSPS) is 16.7. The van der Waals surface area contributed by atoms with Crippen LogP contribution in [0.15, 0.2) is 120 Å². The highest BCUT2D eigenvalue weighted by Crippen LogP contribution is 2.54. The zero-order chi connectivity index (χ0) is 49.3. The van der Waals surface area contributed by atoms with Gasteiger partial charge in [-0.15, -0.1) is 0 Å². The molecule has 1 amide bonds. The lowest BCUT2D eigenvalue weighted by Gasteiger charge is -2.47. The average molecular weight is 950 g/mol. The molecule has 1 N–H and O–H groups in total. The van der Waals surface area contributed by atoms with Gasteiger partial charge >= 0.3 is 5.69 Å². The number of rotatable bonds is 21. The van der Waals surface area contributed by atoms with Crippen LogP contribution in [-0.2, 0) is 29.8 Å². The third kappa shape index (κ3) is 12.4. The molecule has 1 aliphatic heterocycles. The highest BCUT2D eigenvalue weighted by molar-refractivity contribution is 7.47. The molecule has 0 spiro atoms. The van der Waals surface area contributed by atoms with Gasteiger partial charge in [-0.25, -0.2) is 14.1 Å². The van der Waals surface area contributed by atoms with Crippen LogP contribution >= 0.6 is 8.45 Å². The molecule has 1 aliphatic rings. The first-order chi connectivity index (χ1) is 32.4. The lowest BCUT2D eigenvalue weighted by Crippen LogP contribution is -2.45. The number of carbonyl (C=O) groups excluding carboxylic acids is 1. The van der Waals surface area contributed by atoms with E-state index in [-0.39, 0.29) is 48.6 Å². The summed E-state index contributed by atoms with van der Waals surface area (Å²) in [5.74, 6) is 1.67. The van der Waals surface area contributed by atoms with Crippen LogP contribution < -0.4 is 25.2 Å². The van der Waals surface area contributed by atoms with Crippen molar-refractivity contribution in [2.45, 2.75) is 136 Å². The summed E-state index contributed by atoms with van der Waals surface area (Å²) in [6.07, 6.45) is 0.0110. The highest BCUT2D eigenvalue weighted by atomic mass is 31.2. The molecular formula is C54H72N5O8P. The summed E-state index contributed by atoms with van der Waals surface area (Å²) in [6.45, 7) is 23.8. The summed E-state index contributed by atoms with van der Waals surface area (Å²) >= 11 is 0. The molecule has 6 rings (SSSR count). The first-order valence-electron chi connectivity index (χ1n) is 23.7. The molecule has 3 atom stereocenters. The van der Waals surface area contributed by atoms with E-state index in [0.29, 0.717) is 23.7 Å². The predicted octanol–water partition coefficient (Wildman–Crippen LogP) is 10.7. The largest absolute Gasteiger partial charge is 0.497 e. The molecule has 366 valence electrons. The number of nitrogens with zero attached hydrogens (tertiary/aromatic N) is 4. The number of carbonyl (C=O) groups is 1. The maximum atomic E-state index is 14.0. The quantitative estimate of drug-likeness (QED) is 0.0558. The number of aromatic nitrogens is 2. The third-order valence-electron chi connectivity index (χ3n) is 12.1. The minimum absolute atomic E-state index is 0.00734. The van der Waals surface area contributed by atoms with Gasteiger partial charge in [0.05, 0.1) is 26.9 Å². The standard InChI is InChI=1S/C54H72N5O8P/c1-36(2)58(37(3)4)68(59(38(5)6)39(7)8)67-47-33-51(57-32-31-49(56-52(57)61)55-50(60)35-64-46-29-19-40(20-30-46)53(9,10)11)66-48(47)34-65-54(41-17-15-14-16-18-41,42-21-25-44(62-12)26-22-42)43-23-27-45(63-13)28-24-43/h14-32,36-39,47-48,51H,33-35H2,1-13H3,(H,55,56,60,61)/t47-,48+,51+/m0/s1. The number of hydrogen-bond acceptors (Lipinski definition) is 11. The number of ether oxygens (including phenoxy) is 5. The smallest absolute Gasteiger partial charge is 0.351 e. The van der Waals surface area contributed by atoms with Crippen molar-refractivity contribution < 1.29 is 33.0 Å². The van der Waals surface area contributed by atoms with Crippen LogP contribution in [0.4, 0.5) is 5.82 Å². The van der Waals surface area contributed by atoms with Crippen molar-refractivity contribution in [3.8, 4) is 17.2 Å². The van der Waals surface area contributed by atoms with E-state index < -0.39 is 44.1 Å². The first-order valence-corrected chi connectivity index (χ1v) is 24.8. The third-order valence-corrected chi connectivity index (χ3v) is 15.2. The molecule has 4 aromatic carbocycles. The fourth-order valence-corrected chi connectivity index (χ4v) is 11.3. The molecule has 0 saturated carbocycles. The van der Waals surface area contributed by atoms with Crippen LogP contribution in [0.5, 0.6) is 17.2 Å². The Labute approximate surface area is 405 Å². The van der Waals surface area contributed by atoms with Gasteiger partial charge in [0.1, 0.15) is 41.0 Å². The molecule has 68 heavy (non-hydrogen) atoms. The van der Waals surface area contributed by atoms with Gasteiger partial charge in [-0.2, -0.15) is 4.98 Å². The van der Waals surface area contributed by atoms with Crippen molar-refractivity contribution >= 4 is 20.2 Å². The van der Waals surface area contributed by atoms with Crippen LogP contribution in [0.25, 0.3) is 0 Å². The van der Waals surface area contributed by atoms with Gasteiger partial charge in [0.2, 0.25) is 0 Å². The maximum Gasteiger partial charge on any atom is 0.351 e. The number of methoxy groups -OCH3 is 2. The van der Waals surface area contributed by atoms with E-state index in [9.17, 15) is 9.59 Å². The van der Waals surface area contributed by atoms with Gasteiger partial charge in [-0.1, -0.05) is 87.5 Å². The van der Waals surface area contributed by atoms with E-state index in [0.717, 1.165) is 22.3 Å². The Balaban J connectivity index is 1.35. The van der Waals surface area contributed by atoms with Crippen molar-refractivity contribution in [2.24, 2.45) is 0 Å². The Hall–Kier alpha value is -5.14. The van der Waals surface area contributed by atoms with E-state index in [1.165, 1.54) is 4.57 Å². The minimum Gasteiger partial charge on any atom is -0.497 e. The molecule has 14 heteroatoms. The number of benzene rings is 4. The van der Waals surface area contributed by atoms with Crippen molar-refractivity contribution in [1.29, 1.82) is 0 Å². The maximum absolute atomic E-state index is 14.0. The second-order valence-corrected chi connectivity index (χ2v) is 21.0. The molecule has 0 radical (unpaired) electrons. The lowest BCUT2D eigenvalue weighted by atomic mass is 9.80. The fourth-order valence-electron chi connectivity index (χ4n) is 8.83. The Morgan fingerprint density at radius 1 is 0.721 bits per heavy atom. The number of anilines is 1. The van der Waals surface area contributed by atoms with Gasteiger partial charge in [-0.3, -0.25) is 9.36 Å². The van der Waals surface area contributed by atoms with Gasteiger partial charge in [0.15, 0.2) is 15.1 Å². The van der Waals surface area contributed by atoms with Crippen LogP contribution in [0, 0.1) is 0 Å². The van der Waals surface area contributed by atoms with Crippen LogP contribution in [0.1, 0.15) is 111 Å². The molecule has 0 aliphatic carbocycles. The second-order valence-electron chi connectivity index (χ2n) is 19.3. The van der Waals surface area contributed by atoms with Crippen molar-refractivity contribution in [2.75, 3.05) is 32.8 Å². The Bertz CT molecular complexity index is 2340. The van der Waals surface area contributed by atoms with Crippen molar-refractivity contribution in [1.82, 2.24) is 18.9 Å². The topological polar surface area (TPSA) is 126 Å². The van der Waals surface area contributed by atoms with Crippen LogP contribution in [0.2, 0.25) is 0 Å². The summed E-state index contributed by atoms with van der Waals surface area (Å²) in [7, 11) is 1.94. The first kappa shape index (κ1) is 52.2. The predicted molar refractivity (Wildman–Crippen MR) is 271 cm³/mol. The summed E-state index contributed by atoms with van der Waals surface area (Å²) < 4.78 is 45.1. The Kier molecular flexibility index (Phi) is 17.7. The number of amides is 1. The van der Waals surface area contributed by atoms with Crippen LogP contribution in [-0.4, -0.2) is 88.6 Å². The summed E-state index contributed by atoms with van der Waals surface area (Å²) in [5.41, 5.74) is 2.10. The molecule has 13 nitrogen and oxygen atoms in total. The van der Waals surface area contributed by atoms with Crippen molar-refractivity contribution in [3.05, 3.63) is 148 Å². The van der Waals surface area contributed by atoms with E-state index in [4.69, 9.17) is 28.2 Å². The lowest BCUT2D eigenvalue weighted by molar-refractivity contribution is -0.118. The Morgan fingerprint density at radius 3 is 1.68 bits per heavy atom. The average Bonchev–Trinajstić information content (AvgIpc) is 3.70. The summed E-state index contributed by atoms with van der Waals surface area (Å²) in [5, 5.41) is 2.72. The highest BCUT2D eigenvalue weighted by Gasteiger charge is 2.46. The molecule has 2 heterocycles. The molecule has 1 fully saturated rings.